The average molecular weight is 274 g/mol. The number of nitrogens with zero attached hydrogens (tertiary/aromatic N) is 3. The molecule has 4 nitrogen and oxygen atoms in total. The molecular weight excluding hydrogens is 255 g/mol. The predicted octanol–water partition coefficient (Wildman–Crippen LogP) is 2.36. The highest BCUT2D eigenvalue weighted by atomic mass is 19.1. The van der Waals surface area contributed by atoms with E-state index < -0.39 is 0 Å². The lowest BCUT2D eigenvalue weighted by Gasteiger charge is -2.20. The van der Waals surface area contributed by atoms with Gasteiger partial charge in [0.2, 0.25) is 0 Å². The summed E-state index contributed by atoms with van der Waals surface area (Å²) >= 11 is 0. The lowest BCUT2D eigenvalue weighted by Crippen LogP contribution is -2.21. The molecule has 0 aliphatic heterocycles. The predicted molar refractivity (Wildman–Crippen MR) is 77.9 cm³/mol. The van der Waals surface area contributed by atoms with Crippen LogP contribution in [0.5, 0.6) is 0 Å². The first-order valence-corrected chi connectivity index (χ1v) is 6.66. The second-order valence-electron chi connectivity index (χ2n) is 4.60. The fourth-order valence-corrected chi connectivity index (χ4v) is 1.97. The Hall–Kier alpha value is -2.01. The Morgan fingerprint density at radius 2 is 1.95 bits per heavy atom. The summed E-state index contributed by atoms with van der Waals surface area (Å²) in [5.74, 6) is 0.113. The van der Waals surface area contributed by atoms with Gasteiger partial charge < -0.3 is 10.2 Å². The number of halogens is 1. The van der Waals surface area contributed by atoms with Gasteiger partial charge in [-0.15, -0.1) is 0 Å². The van der Waals surface area contributed by atoms with Crippen LogP contribution in [0.4, 0.5) is 10.2 Å². The van der Waals surface area contributed by atoms with Crippen molar-refractivity contribution >= 4 is 5.82 Å². The number of hydrogen-bond donors (Lipinski definition) is 1. The highest BCUT2D eigenvalue weighted by Gasteiger charge is 2.13. The minimum Gasteiger partial charge on any atom is -0.353 e. The molecule has 20 heavy (non-hydrogen) atoms. The van der Waals surface area contributed by atoms with Gasteiger partial charge in [0.05, 0.1) is 0 Å². The van der Waals surface area contributed by atoms with E-state index >= 15 is 0 Å². The minimum atomic E-state index is -0.259. The number of hydrogen-bond acceptors (Lipinski definition) is 4. The van der Waals surface area contributed by atoms with Crippen LogP contribution in [0.2, 0.25) is 0 Å². The molecule has 0 saturated carbocycles. The molecule has 0 amide bonds. The van der Waals surface area contributed by atoms with Gasteiger partial charge in [-0.2, -0.15) is 0 Å². The first-order valence-electron chi connectivity index (χ1n) is 6.66. The van der Waals surface area contributed by atoms with Crippen LogP contribution >= 0.6 is 0 Å². The van der Waals surface area contributed by atoms with Crippen LogP contribution in [0.1, 0.15) is 18.1 Å². The lowest BCUT2D eigenvalue weighted by molar-refractivity contribution is 0.583. The van der Waals surface area contributed by atoms with E-state index in [1.54, 1.807) is 29.6 Å². The molecule has 0 fully saturated rings. The van der Waals surface area contributed by atoms with E-state index in [0.717, 1.165) is 12.1 Å². The molecule has 106 valence electrons. The molecule has 2 aromatic rings. The van der Waals surface area contributed by atoms with Crippen molar-refractivity contribution in [1.82, 2.24) is 15.3 Å². The summed E-state index contributed by atoms with van der Waals surface area (Å²) in [7, 11) is 1.84. The van der Waals surface area contributed by atoms with Crippen molar-refractivity contribution in [2.45, 2.75) is 20.0 Å². The lowest BCUT2D eigenvalue weighted by atomic mass is 10.2. The SMILES string of the molecule is CCNCc1ccnc(N(C)Cc2ccncc2)c1F. The van der Waals surface area contributed by atoms with Gasteiger partial charge in [-0.3, -0.25) is 4.98 Å². The maximum absolute atomic E-state index is 14.4. The Labute approximate surface area is 118 Å². The van der Waals surface area contributed by atoms with Crippen LogP contribution in [0.15, 0.2) is 36.8 Å². The summed E-state index contributed by atoms with van der Waals surface area (Å²) in [5, 5.41) is 3.13. The summed E-state index contributed by atoms with van der Waals surface area (Å²) in [6, 6.07) is 5.54. The van der Waals surface area contributed by atoms with E-state index in [9.17, 15) is 4.39 Å². The molecule has 0 aliphatic rings. The summed E-state index contributed by atoms with van der Waals surface area (Å²) in [6.45, 7) is 3.91. The molecular formula is C15H19FN4. The molecule has 0 radical (unpaired) electrons. The molecule has 0 atom stereocenters. The highest BCUT2D eigenvalue weighted by Crippen LogP contribution is 2.19. The van der Waals surface area contributed by atoms with Gasteiger partial charge in [0, 0.05) is 44.3 Å². The Morgan fingerprint density at radius 3 is 2.65 bits per heavy atom. The van der Waals surface area contributed by atoms with Crippen molar-refractivity contribution in [3.05, 3.63) is 53.7 Å². The third kappa shape index (κ3) is 3.51. The molecule has 1 N–H and O–H groups in total. The van der Waals surface area contributed by atoms with E-state index in [1.807, 2.05) is 26.1 Å². The van der Waals surface area contributed by atoms with Gasteiger partial charge in [-0.1, -0.05) is 6.92 Å². The van der Waals surface area contributed by atoms with Crippen LogP contribution in [-0.4, -0.2) is 23.6 Å². The zero-order valence-corrected chi connectivity index (χ0v) is 11.8. The van der Waals surface area contributed by atoms with Gasteiger partial charge in [0.15, 0.2) is 11.6 Å². The number of anilines is 1. The summed E-state index contributed by atoms with van der Waals surface area (Å²) in [5.41, 5.74) is 1.71. The molecule has 0 aromatic carbocycles. The topological polar surface area (TPSA) is 41.1 Å². The van der Waals surface area contributed by atoms with Crippen LogP contribution in [0.25, 0.3) is 0 Å². The minimum absolute atomic E-state index is 0.259. The van der Waals surface area contributed by atoms with Gasteiger partial charge >= 0.3 is 0 Å². The Kier molecular flexibility index (Phi) is 5.01. The van der Waals surface area contributed by atoms with E-state index in [1.165, 1.54) is 0 Å². The van der Waals surface area contributed by atoms with E-state index in [4.69, 9.17) is 0 Å². The maximum atomic E-state index is 14.4. The Balaban J connectivity index is 2.15. The largest absolute Gasteiger partial charge is 0.353 e. The standard InChI is InChI=1S/C15H19FN4/c1-3-17-10-13-6-9-19-15(14(13)16)20(2)11-12-4-7-18-8-5-12/h4-9,17H,3,10-11H2,1-2H3. The van der Waals surface area contributed by atoms with Crippen LogP contribution in [-0.2, 0) is 13.1 Å². The molecule has 5 heteroatoms. The fourth-order valence-electron chi connectivity index (χ4n) is 1.97. The van der Waals surface area contributed by atoms with E-state index in [0.29, 0.717) is 24.5 Å². The first kappa shape index (κ1) is 14.4. The molecule has 0 bridgehead atoms. The van der Waals surface area contributed by atoms with Crippen molar-refractivity contribution in [3.63, 3.8) is 0 Å². The first-order chi connectivity index (χ1) is 9.72. The van der Waals surface area contributed by atoms with Crippen molar-refractivity contribution in [1.29, 1.82) is 0 Å². The van der Waals surface area contributed by atoms with Crippen molar-refractivity contribution < 1.29 is 4.39 Å². The number of nitrogens with one attached hydrogen (secondary N) is 1. The van der Waals surface area contributed by atoms with E-state index in [2.05, 4.69) is 15.3 Å². The molecule has 2 rings (SSSR count). The molecule has 0 saturated heterocycles. The average Bonchev–Trinajstić information content (AvgIpc) is 2.47. The normalized spacial score (nSPS) is 10.6. The smallest absolute Gasteiger partial charge is 0.170 e. The number of pyridine rings is 2. The van der Waals surface area contributed by atoms with Crippen molar-refractivity contribution in [2.75, 3.05) is 18.5 Å². The highest BCUT2D eigenvalue weighted by molar-refractivity contribution is 5.43. The van der Waals surface area contributed by atoms with Crippen LogP contribution < -0.4 is 10.2 Å². The maximum Gasteiger partial charge on any atom is 0.170 e. The monoisotopic (exact) mass is 274 g/mol. The quantitative estimate of drug-likeness (QED) is 0.878. The van der Waals surface area contributed by atoms with Gasteiger partial charge in [0.25, 0.3) is 0 Å². The Bertz CT molecular complexity index is 545. The van der Waals surface area contributed by atoms with Gasteiger partial charge in [-0.25, -0.2) is 9.37 Å². The number of aromatic nitrogens is 2. The van der Waals surface area contributed by atoms with Crippen LogP contribution in [0, 0.1) is 5.82 Å². The fraction of sp³-hybridized carbons (Fsp3) is 0.333. The second kappa shape index (κ2) is 6.96. The van der Waals surface area contributed by atoms with E-state index in [-0.39, 0.29) is 5.82 Å². The Morgan fingerprint density at radius 1 is 1.20 bits per heavy atom. The summed E-state index contributed by atoms with van der Waals surface area (Å²) < 4.78 is 14.4. The summed E-state index contributed by atoms with van der Waals surface area (Å²) in [4.78, 5) is 9.93. The van der Waals surface area contributed by atoms with Crippen molar-refractivity contribution in [2.24, 2.45) is 0 Å². The van der Waals surface area contributed by atoms with Crippen molar-refractivity contribution in [3.8, 4) is 0 Å². The van der Waals surface area contributed by atoms with Crippen LogP contribution in [0.3, 0.4) is 0 Å². The van der Waals surface area contributed by atoms with Gasteiger partial charge in [-0.05, 0) is 30.3 Å². The molecule has 0 unspecified atom stereocenters. The molecule has 2 heterocycles. The third-order valence-corrected chi connectivity index (χ3v) is 3.05. The molecule has 0 spiro atoms. The van der Waals surface area contributed by atoms with Gasteiger partial charge in [0.1, 0.15) is 0 Å². The molecule has 2 aromatic heterocycles. The third-order valence-electron chi connectivity index (χ3n) is 3.05. The zero-order valence-electron chi connectivity index (χ0n) is 11.8. The second-order valence-corrected chi connectivity index (χ2v) is 4.60. The summed E-state index contributed by atoms with van der Waals surface area (Å²) in [6.07, 6.45) is 5.11. The zero-order chi connectivity index (χ0) is 14.4. The number of rotatable bonds is 6. The molecule has 0 aliphatic carbocycles.